The zero-order valence-electron chi connectivity index (χ0n) is 29.2. The third-order valence-corrected chi connectivity index (χ3v) is 10.0. The van der Waals surface area contributed by atoms with Gasteiger partial charge in [-0.2, -0.15) is 10.5 Å². The van der Waals surface area contributed by atoms with Crippen molar-refractivity contribution in [3.8, 4) is 62.3 Å². The summed E-state index contributed by atoms with van der Waals surface area (Å²) in [6.45, 7) is 0. The summed E-state index contributed by atoms with van der Waals surface area (Å²) in [5.74, 6) is 0. The molecule has 0 aliphatic heterocycles. The van der Waals surface area contributed by atoms with Crippen molar-refractivity contribution in [2.75, 3.05) is 5.32 Å². The van der Waals surface area contributed by atoms with Crippen LogP contribution in [0.5, 0.6) is 0 Å². The summed E-state index contributed by atoms with van der Waals surface area (Å²) >= 11 is 0. The van der Waals surface area contributed by atoms with Crippen molar-refractivity contribution in [2.45, 2.75) is 0 Å². The van der Waals surface area contributed by atoms with Crippen molar-refractivity contribution in [1.82, 2.24) is 4.57 Å². The van der Waals surface area contributed by atoms with Crippen LogP contribution in [0.3, 0.4) is 0 Å². The second-order valence-corrected chi connectivity index (χ2v) is 13.3. The number of para-hydroxylation sites is 2. The summed E-state index contributed by atoms with van der Waals surface area (Å²) in [6.07, 6.45) is 0. The second-order valence-electron chi connectivity index (χ2n) is 13.3. The monoisotopic (exact) mass is 688 g/mol. The van der Waals surface area contributed by atoms with Crippen LogP contribution in [0.2, 0.25) is 0 Å². The van der Waals surface area contributed by atoms with Crippen molar-refractivity contribution in [1.29, 1.82) is 10.5 Å². The Kier molecular flexibility index (Phi) is 8.25. The highest BCUT2D eigenvalue weighted by Crippen LogP contribution is 2.37. The lowest BCUT2D eigenvalue weighted by Crippen LogP contribution is -1.94. The van der Waals surface area contributed by atoms with Crippen molar-refractivity contribution in [2.24, 2.45) is 0 Å². The molecule has 9 rings (SSSR count). The number of nitrogens with one attached hydrogen (secondary N) is 1. The first-order chi connectivity index (χ1) is 26.6. The summed E-state index contributed by atoms with van der Waals surface area (Å²) in [4.78, 5) is 0. The molecule has 1 aromatic heterocycles. The van der Waals surface area contributed by atoms with E-state index in [1.807, 2.05) is 54.6 Å². The molecular weight excluding hydrogens is 657 g/mol. The molecular formula is C50H32N4. The summed E-state index contributed by atoms with van der Waals surface area (Å²) in [5, 5.41) is 24.6. The van der Waals surface area contributed by atoms with E-state index < -0.39 is 0 Å². The molecule has 0 spiro atoms. The van der Waals surface area contributed by atoms with Gasteiger partial charge in [0.15, 0.2) is 0 Å². The molecule has 0 atom stereocenters. The highest BCUT2D eigenvalue weighted by atomic mass is 15.0. The highest BCUT2D eigenvalue weighted by Gasteiger charge is 2.14. The van der Waals surface area contributed by atoms with Crippen LogP contribution in [-0.4, -0.2) is 4.57 Å². The van der Waals surface area contributed by atoms with Crippen LogP contribution >= 0.6 is 0 Å². The smallest absolute Gasteiger partial charge is 0.0992 e. The number of nitriles is 2. The fourth-order valence-corrected chi connectivity index (χ4v) is 7.38. The minimum absolute atomic E-state index is 0.622. The van der Waals surface area contributed by atoms with Crippen molar-refractivity contribution in [3.05, 3.63) is 199 Å². The van der Waals surface area contributed by atoms with E-state index >= 15 is 0 Å². The van der Waals surface area contributed by atoms with Crippen molar-refractivity contribution in [3.63, 3.8) is 0 Å². The van der Waals surface area contributed by atoms with E-state index in [1.165, 1.54) is 10.8 Å². The van der Waals surface area contributed by atoms with Gasteiger partial charge in [-0.05, 0) is 112 Å². The molecule has 0 bridgehead atoms. The molecule has 0 aliphatic rings. The van der Waals surface area contributed by atoms with Gasteiger partial charge in [0, 0.05) is 33.4 Å². The third kappa shape index (κ3) is 6.05. The maximum absolute atomic E-state index is 9.37. The van der Waals surface area contributed by atoms with Crippen LogP contribution in [0.15, 0.2) is 188 Å². The molecule has 4 heteroatoms. The fourth-order valence-electron chi connectivity index (χ4n) is 7.38. The zero-order chi connectivity index (χ0) is 36.4. The normalized spacial score (nSPS) is 10.9. The number of fused-ring (bicyclic) bond motifs is 3. The van der Waals surface area contributed by atoms with Crippen LogP contribution in [-0.2, 0) is 0 Å². The Morgan fingerprint density at radius 2 is 0.981 bits per heavy atom. The van der Waals surface area contributed by atoms with Gasteiger partial charge >= 0.3 is 0 Å². The fraction of sp³-hybridized carbons (Fsp3) is 0. The first-order valence-electron chi connectivity index (χ1n) is 17.9. The lowest BCUT2D eigenvalue weighted by molar-refractivity contribution is 1.18. The van der Waals surface area contributed by atoms with Gasteiger partial charge < -0.3 is 9.88 Å². The maximum Gasteiger partial charge on any atom is 0.0992 e. The largest absolute Gasteiger partial charge is 0.355 e. The molecule has 4 nitrogen and oxygen atoms in total. The first-order valence-corrected chi connectivity index (χ1v) is 17.9. The number of rotatable bonds is 7. The van der Waals surface area contributed by atoms with Gasteiger partial charge in [-0.15, -0.1) is 0 Å². The molecule has 252 valence electrons. The van der Waals surface area contributed by atoms with Gasteiger partial charge in [-0.1, -0.05) is 115 Å². The van der Waals surface area contributed by atoms with Crippen LogP contribution in [0.4, 0.5) is 11.4 Å². The van der Waals surface area contributed by atoms with Gasteiger partial charge in [0.05, 0.1) is 34.3 Å². The highest BCUT2D eigenvalue weighted by molar-refractivity contribution is 6.10. The van der Waals surface area contributed by atoms with E-state index in [9.17, 15) is 10.5 Å². The van der Waals surface area contributed by atoms with Gasteiger partial charge in [0.2, 0.25) is 0 Å². The van der Waals surface area contributed by atoms with Crippen LogP contribution in [0.1, 0.15) is 11.1 Å². The SMILES string of the molecule is N#Cc1ccc(-c2cccc(-n3c4ccccc4c4cc(-c5ccc(-c6cccc(-c7ccccc7Nc7cccc(C#N)c7)c6)cc5)ccc43)c2)cc1. The van der Waals surface area contributed by atoms with Crippen LogP contribution < -0.4 is 5.32 Å². The summed E-state index contributed by atoms with van der Waals surface area (Å²) < 4.78 is 2.34. The summed E-state index contributed by atoms with van der Waals surface area (Å²) in [5.41, 5.74) is 15.5. The minimum Gasteiger partial charge on any atom is -0.355 e. The average Bonchev–Trinajstić information content (AvgIpc) is 3.58. The Labute approximate surface area is 314 Å². The maximum atomic E-state index is 9.37. The van der Waals surface area contributed by atoms with E-state index in [-0.39, 0.29) is 0 Å². The molecule has 0 radical (unpaired) electrons. The van der Waals surface area contributed by atoms with Crippen molar-refractivity contribution >= 4 is 33.2 Å². The molecule has 0 fully saturated rings. The third-order valence-electron chi connectivity index (χ3n) is 10.0. The number of aromatic nitrogens is 1. The number of nitrogens with zero attached hydrogens (tertiary/aromatic N) is 3. The Hall–Kier alpha value is -7.66. The lowest BCUT2D eigenvalue weighted by atomic mass is 9.96. The molecule has 0 saturated carbocycles. The summed E-state index contributed by atoms with van der Waals surface area (Å²) in [7, 11) is 0. The van der Waals surface area contributed by atoms with E-state index in [0.717, 1.165) is 72.6 Å². The van der Waals surface area contributed by atoms with E-state index in [1.54, 1.807) is 0 Å². The molecule has 54 heavy (non-hydrogen) atoms. The Bertz CT molecular complexity index is 2920. The second kappa shape index (κ2) is 13.8. The number of benzene rings is 8. The van der Waals surface area contributed by atoms with E-state index in [4.69, 9.17) is 0 Å². The van der Waals surface area contributed by atoms with Gasteiger partial charge in [-0.25, -0.2) is 0 Å². The predicted octanol–water partition coefficient (Wildman–Crippen LogP) is 12.9. The molecule has 0 amide bonds. The minimum atomic E-state index is 0.622. The van der Waals surface area contributed by atoms with Gasteiger partial charge in [-0.3, -0.25) is 0 Å². The molecule has 0 aliphatic carbocycles. The Balaban J connectivity index is 1.03. The average molecular weight is 689 g/mol. The Morgan fingerprint density at radius 1 is 0.389 bits per heavy atom. The Morgan fingerprint density at radius 3 is 1.76 bits per heavy atom. The molecule has 9 aromatic rings. The molecule has 1 heterocycles. The number of anilines is 2. The van der Waals surface area contributed by atoms with Crippen molar-refractivity contribution < 1.29 is 0 Å². The molecule has 1 N–H and O–H groups in total. The topological polar surface area (TPSA) is 64.5 Å². The zero-order valence-corrected chi connectivity index (χ0v) is 29.2. The number of hydrogen-bond donors (Lipinski definition) is 1. The quantitative estimate of drug-likeness (QED) is 0.181. The molecule has 0 unspecified atom stereocenters. The molecule has 0 saturated heterocycles. The summed E-state index contributed by atoms with van der Waals surface area (Å²) in [6, 6.07) is 69.4. The van der Waals surface area contributed by atoms with Gasteiger partial charge in [0.25, 0.3) is 0 Å². The van der Waals surface area contributed by atoms with E-state index in [0.29, 0.717) is 11.1 Å². The molecule has 8 aromatic carbocycles. The van der Waals surface area contributed by atoms with Crippen LogP contribution in [0.25, 0.3) is 72.0 Å². The predicted molar refractivity (Wildman–Crippen MR) is 222 cm³/mol. The first kappa shape index (κ1) is 32.3. The van der Waals surface area contributed by atoms with Crippen LogP contribution in [0, 0.1) is 22.7 Å². The van der Waals surface area contributed by atoms with Gasteiger partial charge in [0.1, 0.15) is 0 Å². The number of hydrogen-bond acceptors (Lipinski definition) is 3. The standard InChI is InChI=1S/C50H32N4/c51-32-34-18-20-36(21-19-34)40-10-7-13-44(30-40)54-49-17-4-2-15-46(49)47-31-41(26-27-50(47)54)38-24-22-37(23-25-38)39-9-6-11-42(29-39)45-14-1-3-16-48(45)53-43-12-5-8-35(28-43)33-52/h1-31,53H. The lowest BCUT2D eigenvalue weighted by Gasteiger charge is -2.14. The van der Waals surface area contributed by atoms with E-state index in [2.05, 4.69) is 155 Å².